The average Bonchev–Trinajstić information content (AvgIpc) is 3.06. The minimum atomic E-state index is -4.47. The normalized spacial score (nSPS) is 15.3. The summed E-state index contributed by atoms with van der Waals surface area (Å²) < 4.78 is 40.0. The Morgan fingerprint density at radius 1 is 0.975 bits per heavy atom. The van der Waals surface area contributed by atoms with Gasteiger partial charge in [-0.15, -0.1) is 0 Å². The molecule has 0 N–H and O–H groups in total. The van der Waals surface area contributed by atoms with Crippen LogP contribution in [0.4, 0.5) is 23.7 Å². The van der Waals surface area contributed by atoms with Gasteiger partial charge in [-0.1, -0.05) is 24.9 Å². The Balaban J connectivity index is 1.47. The van der Waals surface area contributed by atoms with E-state index in [0.29, 0.717) is 11.1 Å². The van der Waals surface area contributed by atoms with Gasteiger partial charge in [-0.2, -0.15) is 13.2 Å². The third kappa shape index (κ3) is 4.77. The van der Waals surface area contributed by atoms with Crippen LogP contribution in [0.3, 0.4) is 0 Å². The number of hydrogen-bond acceptors (Lipinski definition) is 7. The fraction of sp³-hybridized carbons (Fsp3) is 0.192. The maximum atomic E-state index is 13.4. The number of thiol groups is 1. The fourth-order valence-corrected chi connectivity index (χ4v) is 5.24. The molecule has 0 spiro atoms. The maximum Gasteiger partial charge on any atom is 0.446 e. The van der Waals surface area contributed by atoms with Crippen molar-refractivity contribution in [3.05, 3.63) is 93.3 Å². The number of carbonyl (C=O) groups excluding carboxylic acids is 2. The Bertz CT molecular complexity index is 1780. The van der Waals surface area contributed by atoms with Gasteiger partial charge in [0.25, 0.3) is 11.5 Å². The predicted octanol–water partition coefficient (Wildman–Crippen LogP) is 4.60. The minimum absolute atomic E-state index is 0.00596. The fourth-order valence-electron chi connectivity index (χ4n) is 4.44. The molecule has 40 heavy (non-hydrogen) atoms. The molecule has 0 aliphatic carbocycles. The van der Waals surface area contributed by atoms with Crippen LogP contribution >= 0.6 is 24.6 Å². The first kappa shape index (κ1) is 27.5. The van der Waals surface area contributed by atoms with Crippen LogP contribution in [0.15, 0.2) is 81.3 Å². The van der Waals surface area contributed by atoms with Crippen molar-refractivity contribution in [3.8, 4) is 5.82 Å². The average molecular weight is 588 g/mol. The van der Waals surface area contributed by atoms with E-state index in [1.54, 1.807) is 44.2 Å². The Hall–Kier alpha value is -4.04. The largest absolute Gasteiger partial charge is 0.446 e. The van der Waals surface area contributed by atoms with E-state index in [-0.39, 0.29) is 40.1 Å². The molecule has 2 aromatic carbocycles. The lowest BCUT2D eigenvalue weighted by Gasteiger charge is -2.27. The van der Waals surface area contributed by atoms with Gasteiger partial charge in [-0.25, -0.2) is 28.0 Å². The van der Waals surface area contributed by atoms with Gasteiger partial charge in [0, 0.05) is 17.6 Å². The first-order valence-electron chi connectivity index (χ1n) is 11.7. The highest BCUT2D eigenvalue weighted by molar-refractivity contribution is 8.00. The van der Waals surface area contributed by atoms with Gasteiger partial charge < -0.3 is 4.90 Å². The van der Waals surface area contributed by atoms with Gasteiger partial charge in [-0.3, -0.25) is 9.59 Å². The topological polar surface area (TPSA) is 97.5 Å². The van der Waals surface area contributed by atoms with Crippen LogP contribution in [-0.4, -0.2) is 41.4 Å². The van der Waals surface area contributed by atoms with E-state index in [1.807, 2.05) is 0 Å². The maximum absolute atomic E-state index is 13.4. The van der Waals surface area contributed by atoms with Gasteiger partial charge in [0.2, 0.25) is 0 Å². The summed E-state index contributed by atoms with van der Waals surface area (Å²) in [6.07, 6.45) is 1.37. The summed E-state index contributed by atoms with van der Waals surface area (Å²) in [7, 11) is 0. The summed E-state index contributed by atoms with van der Waals surface area (Å²) in [5.41, 5.74) is -6.17. The number of aromatic nitrogens is 3. The highest BCUT2D eigenvalue weighted by Crippen LogP contribution is 2.39. The van der Waals surface area contributed by atoms with Crippen molar-refractivity contribution >= 4 is 53.1 Å². The first-order chi connectivity index (χ1) is 18.8. The number of pyridine rings is 1. The Morgan fingerprint density at radius 3 is 2.33 bits per heavy atom. The molecular weight excluding hydrogens is 567 g/mol. The monoisotopic (exact) mass is 587 g/mol. The van der Waals surface area contributed by atoms with Crippen molar-refractivity contribution in [2.75, 3.05) is 4.90 Å². The van der Waals surface area contributed by atoms with Crippen LogP contribution in [0, 0.1) is 0 Å². The number of nitrogens with zero attached hydrogens (tertiary/aromatic N) is 5. The molecule has 14 heteroatoms. The number of benzene rings is 2. The van der Waals surface area contributed by atoms with Crippen molar-refractivity contribution in [1.82, 2.24) is 18.4 Å². The van der Waals surface area contributed by atoms with Crippen LogP contribution in [0.2, 0.25) is 0 Å². The second-order valence-corrected chi connectivity index (χ2v) is 10.9. The second-order valence-electron chi connectivity index (χ2n) is 9.38. The number of thioether (sulfide) groups is 1. The predicted molar refractivity (Wildman–Crippen MR) is 147 cm³/mol. The molecule has 0 atom stereocenters. The van der Waals surface area contributed by atoms with Crippen molar-refractivity contribution in [2.45, 2.75) is 36.3 Å². The second kappa shape index (κ2) is 9.86. The first-order valence-corrected chi connectivity index (χ1v) is 12.9. The van der Waals surface area contributed by atoms with Gasteiger partial charge in [0.1, 0.15) is 11.4 Å². The molecule has 206 valence electrons. The summed E-state index contributed by atoms with van der Waals surface area (Å²) in [4.78, 5) is 59.1. The SMILES string of the molecule is CC1(C)C(=O)N(c2ccc(SC(F)(F)F)cc2)C(=O)N1Cc1ccnc(-n2c(=O)c3ccccc3n(S)c2=O)c1. The molecule has 0 unspecified atom stereocenters. The zero-order valence-electron chi connectivity index (χ0n) is 20.9. The Morgan fingerprint density at radius 2 is 1.65 bits per heavy atom. The molecule has 3 heterocycles. The number of urea groups is 1. The number of rotatable bonds is 5. The van der Waals surface area contributed by atoms with E-state index in [9.17, 15) is 32.3 Å². The molecule has 1 aliphatic rings. The lowest BCUT2D eigenvalue weighted by Crippen LogP contribution is -2.43. The summed E-state index contributed by atoms with van der Waals surface area (Å²) in [5, 5.41) is 0.251. The number of hydrogen-bond donors (Lipinski definition) is 1. The number of halogens is 3. The summed E-state index contributed by atoms with van der Waals surface area (Å²) in [6.45, 7) is 3.02. The van der Waals surface area contributed by atoms with E-state index in [4.69, 9.17) is 0 Å². The number of imide groups is 1. The van der Waals surface area contributed by atoms with Gasteiger partial charge >= 0.3 is 17.2 Å². The third-order valence-corrected chi connectivity index (χ3v) is 7.60. The van der Waals surface area contributed by atoms with Gasteiger partial charge in [0.15, 0.2) is 0 Å². The van der Waals surface area contributed by atoms with Gasteiger partial charge in [-0.05, 0) is 79.7 Å². The number of fused-ring (bicyclic) bond motifs is 1. The van der Waals surface area contributed by atoms with Crippen LogP contribution in [0.25, 0.3) is 16.7 Å². The lowest BCUT2D eigenvalue weighted by molar-refractivity contribution is -0.123. The number of amides is 3. The Kier molecular flexibility index (Phi) is 6.78. The molecule has 9 nitrogen and oxygen atoms in total. The number of carbonyl (C=O) groups is 2. The molecular formula is C26H20F3N5O4S2. The van der Waals surface area contributed by atoms with E-state index >= 15 is 0 Å². The highest BCUT2D eigenvalue weighted by atomic mass is 32.2. The van der Waals surface area contributed by atoms with Crippen LogP contribution < -0.4 is 16.1 Å². The van der Waals surface area contributed by atoms with E-state index in [2.05, 4.69) is 17.8 Å². The van der Waals surface area contributed by atoms with E-state index < -0.39 is 34.2 Å². The molecule has 2 aromatic heterocycles. The molecule has 1 aliphatic heterocycles. The summed E-state index contributed by atoms with van der Waals surface area (Å²) in [6, 6.07) is 13.8. The van der Waals surface area contributed by atoms with Crippen molar-refractivity contribution in [1.29, 1.82) is 0 Å². The standard InChI is InChI=1S/C26H20F3N5O4S2/c1-25(2)22(36)32(16-7-9-17(10-8-16)40-26(27,28)29)23(37)31(25)14-15-11-12-30-20(13-15)33-21(35)18-5-3-4-6-19(18)34(39)24(33)38/h3-13,39H,14H2,1-2H3. The molecule has 1 fully saturated rings. The molecule has 5 rings (SSSR count). The van der Waals surface area contributed by atoms with E-state index in [0.717, 1.165) is 13.4 Å². The van der Waals surface area contributed by atoms with Crippen molar-refractivity contribution in [2.24, 2.45) is 0 Å². The van der Waals surface area contributed by atoms with Crippen molar-refractivity contribution < 1.29 is 22.8 Å². The molecule has 4 aromatic rings. The van der Waals surface area contributed by atoms with E-state index in [1.165, 1.54) is 41.4 Å². The van der Waals surface area contributed by atoms with Gasteiger partial charge in [0.05, 0.1) is 16.6 Å². The molecule has 0 radical (unpaired) electrons. The highest BCUT2D eigenvalue weighted by Gasteiger charge is 2.51. The minimum Gasteiger partial charge on any atom is -0.305 e. The Labute approximate surface area is 234 Å². The smallest absolute Gasteiger partial charge is 0.305 e. The summed E-state index contributed by atoms with van der Waals surface area (Å²) >= 11 is 3.93. The van der Waals surface area contributed by atoms with Crippen LogP contribution in [-0.2, 0) is 11.3 Å². The quantitative estimate of drug-likeness (QED) is 0.208. The molecule has 0 saturated carbocycles. The number of anilines is 1. The molecule has 0 bridgehead atoms. The number of alkyl halides is 3. The lowest BCUT2D eigenvalue weighted by atomic mass is 10.0. The molecule has 1 saturated heterocycles. The van der Waals surface area contributed by atoms with Crippen molar-refractivity contribution in [3.63, 3.8) is 0 Å². The summed E-state index contributed by atoms with van der Waals surface area (Å²) in [5.74, 6) is -0.557. The van der Waals surface area contributed by atoms with Crippen LogP contribution in [0.1, 0.15) is 19.4 Å². The van der Waals surface area contributed by atoms with Crippen LogP contribution in [0.5, 0.6) is 0 Å². The zero-order chi connectivity index (χ0) is 29.0. The zero-order valence-corrected chi connectivity index (χ0v) is 22.6. The molecule has 3 amide bonds. The number of para-hydroxylation sites is 1. The third-order valence-electron chi connectivity index (χ3n) is 6.47.